The van der Waals surface area contributed by atoms with Gasteiger partial charge < -0.3 is 9.15 Å². The first-order chi connectivity index (χ1) is 9.13. The Balaban J connectivity index is 2.10. The number of nitrogens with one attached hydrogen (secondary N) is 1. The molecular formula is C11H13N3O3S2. The molecule has 2 rings (SSSR count). The Morgan fingerprint density at radius 2 is 2.37 bits per heavy atom. The maximum Gasteiger partial charge on any atom is 0.261 e. The van der Waals surface area contributed by atoms with Crippen molar-refractivity contribution in [2.75, 3.05) is 18.7 Å². The first kappa shape index (κ1) is 14.0. The van der Waals surface area contributed by atoms with Crippen LogP contribution in [0.15, 0.2) is 14.8 Å². The van der Waals surface area contributed by atoms with Crippen LogP contribution in [0.5, 0.6) is 0 Å². The lowest BCUT2D eigenvalue weighted by molar-refractivity contribution is 0.102. The second-order valence-electron chi connectivity index (χ2n) is 3.65. The molecule has 0 saturated carbocycles. The fourth-order valence-corrected chi connectivity index (χ4v) is 2.65. The summed E-state index contributed by atoms with van der Waals surface area (Å²) in [5, 5.41) is 11.0. The molecule has 19 heavy (non-hydrogen) atoms. The minimum absolute atomic E-state index is 0.257. The van der Waals surface area contributed by atoms with Crippen molar-refractivity contribution in [2.24, 2.45) is 0 Å². The number of aryl methyl sites for hydroxylation is 1. The maximum absolute atomic E-state index is 12.1. The van der Waals surface area contributed by atoms with Crippen LogP contribution in [0.3, 0.4) is 0 Å². The first-order valence-electron chi connectivity index (χ1n) is 5.41. The van der Waals surface area contributed by atoms with Crippen LogP contribution >= 0.6 is 23.1 Å². The summed E-state index contributed by atoms with van der Waals surface area (Å²) in [5.41, 5.74) is 0.480. The molecule has 0 aliphatic rings. The van der Waals surface area contributed by atoms with Gasteiger partial charge in [-0.1, -0.05) is 23.1 Å². The zero-order valence-electron chi connectivity index (χ0n) is 10.7. The molecule has 0 aromatic carbocycles. The molecule has 0 atom stereocenters. The summed E-state index contributed by atoms with van der Waals surface area (Å²) >= 11 is 2.82. The van der Waals surface area contributed by atoms with Crippen LogP contribution in [-0.2, 0) is 11.3 Å². The van der Waals surface area contributed by atoms with Gasteiger partial charge >= 0.3 is 0 Å². The highest BCUT2D eigenvalue weighted by atomic mass is 32.2. The monoisotopic (exact) mass is 299 g/mol. The molecule has 8 heteroatoms. The standard InChI is InChI=1S/C11H13N3O3S2/c1-6-8(4-7(17-6)5-16-2)9(15)12-10-13-14-11(18-3)19-10/h4H,5H2,1-3H3,(H,12,13,15). The minimum Gasteiger partial charge on any atom is -0.463 e. The van der Waals surface area contributed by atoms with E-state index in [9.17, 15) is 4.79 Å². The molecule has 1 N–H and O–H groups in total. The molecule has 2 heterocycles. The average molecular weight is 299 g/mol. The lowest BCUT2D eigenvalue weighted by Gasteiger charge is -1.97. The molecule has 0 radical (unpaired) electrons. The highest BCUT2D eigenvalue weighted by molar-refractivity contribution is 8.00. The molecule has 0 unspecified atom stereocenters. The highest BCUT2D eigenvalue weighted by Gasteiger charge is 2.16. The minimum atomic E-state index is -0.257. The maximum atomic E-state index is 12.1. The molecule has 2 aromatic rings. The van der Waals surface area contributed by atoms with Crippen LogP contribution in [0.1, 0.15) is 21.9 Å². The van der Waals surface area contributed by atoms with Crippen LogP contribution < -0.4 is 5.32 Å². The Morgan fingerprint density at radius 1 is 1.58 bits per heavy atom. The van der Waals surface area contributed by atoms with Gasteiger partial charge in [0.1, 0.15) is 18.1 Å². The number of aromatic nitrogens is 2. The number of nitrogens with zero attached hydrogens (tertiary/aromatic N) is 2. The topological polar surface area (TPSA) is 77.2 Å². The number of hydrogen-bond acceptors (Lipinski definition) is 7. The van der Waals surface area contributed by atoms with Gasteiger partial charge in [0.15, 0.2) is 4.34 Å². The molecule has 0 aliphatic carbocycles. The number of methoxy groups -OCH3 is 1. The van der Waals surface area contributed by atoms with E-state index < -0.39 is 0 Å². The van der Waals surface area contributed by atoms with Crippen molar-refractivity contribution >= 4 is 34.1 Å². The molecular weight excluding hydrogens is 286 g/mol. The first-order valence-corrected chi connectivity index (χ1v) is 7.45. The molecule has 1 amide bonds. The summed E-state index contributed by atoms with van der Waals surface area (Å²) < 4.78 is 11.2. The summed E-state index contributed by atoms with van der Waals surface area (Å²) in [6.45, 7) is 2.07. The van der Waals surface area contributed by atoms with Gasteiger partial charge in [-0.3, -0.25) is 10.1 Å². The lowest BCUT2D eigenvalue weighted by atomic mass is 10.2. The molecule has 0 spiro atoms. The molecule has 6 nitrogen and oxygen atoms in total. The molecule has 0 fully saturated rings. The number of anilines is 1. The van der Waals surface area contributed by atoms with Gasteiger partial charge in [-0.15, -0.1) is 10.2 Å². The van der Waals surface area contributed by atoms with Crippen LogP contribution in [0.4, 0.5) is 5.13 Å². The quantitative estimate of drug-likeness (QED) is 0.675. The summed E-state index contributed by atoms with van der Waals surface area (Å²) in [6, 6.07) is 1.67. The molecule has 0 saturated heterocycles. The van der Waals surface area contributed by atoms with Crippen LogP contribution in [0.2, 0.25) is 0 Å². The van der Waals surface area contributed by atoms with Crippen molar-refractivity contribution in [3.63, 3.8) is 0 Å². The number of amides is 1. The zero-order valence-corrected chi connectivity index (χ0v) is 12.4. The number of carbonyl (C=O) groups is 1. The van der Waals surface area contributed by atoms with Crippen molar-refractivity contribution < 1.29 is 13.9 Å². The van der Waals surface area contributed by atoms with E-state index >= 15 is 0 Å². The third-order valence-electron chi connectivity index (χ3n) is 2.30. The number of thioether (sulfide) groups is 1. The van der Waals surface area contributed by atoms with Gasteiger partial charge in [-0.25, -0.2) is 0 Å². The Hall–Kier alpha value is -1.38. The summed E-state index contributed by atoms with van der Waals surface area (Å²) in [5.74, 6) is 0.916. The zero-order chi connectivity index (χ0) is 13.8. The van der Waals surface area contributed by atoms with Gasteiger partial charge in [0.25, 0.3) is 5.91 Å². The Morgan fingerprint density at radius 3 is 3.00 bits per heavy atom. The third-order valence-corrected chi connectivity index (χ3v) is 4.12. The van der Waals surface area contributed by atoms with Crippen LogP contribution in [0.25, 0.3) is 0 Å². The second kappa shape index (κ2) is 6.18. The van der Waals surface area contributed by atoms with E-state index in [1.165, 1.54) is 23.1 Å². The van der Waals surface area contributed by atoms with Gasteiger partial charge in [-0.2, -0.15) is 0 Å². The smallest absolute Gasteiger partial charge is 0.261 e. The lowest BCUT2D eigenvalue weighted by Crippen LogP contribution is -2.11. The summed E-state index contributed by atoms with van der Waals surface area (Å²) in [4.78, 5) is 12.1. The molecule has 2 aromatic heterocycles. The van der Waals surface area contributed by atoms with Crippen molar-refractivity contribution in [3.8, 4) is 0 Å². The van der Waals surface area contributed by atoms with E-state index in [1.54, 1.807) is 20.1 Å². The SMILES string of the molecule is COCc1cc(C(=O)Nc2nnc(SC)s2)c(C)o1. The van der Waals surface area contributed by atoms with Gasteiger partial charge in [0.05, 0.1) is 5.56 Å². The molecule has 0 bridgehead atoms. The Bertz CT molecular complexity index is 580. The van der Waals surface area contributed by atoms with Gasteiger partial charge in [0.2, 0.25) is 5.13 Å². The average Bonchev–Trinajstić information content (AvgIpc) is 2.96. The van der Waals surface area contributed by atoms with E-state index in [0.29, 0.717) is 28.8 Å². The van der Waals surface area contributed by atoms with E-state index in [-0.39, 0.29) is 5.91 Å². The van der Waals surface area contributed by atoms with Crippen molar-refractivity contribution in [2.45, 2.75) is 17.9 Å². The predicted molar refractivity (Wildman–Crippen MR) is 73.8 cm³/mol. The van der Waals surface area contributed by atoms with Crippen molar-refractivity contribution in [1.82, 2.24) is 10.2 Å². The van der Waals surface area contributed by atoms with Crippen LogP contribution in [-0.4, -0.2) is 29.5 Å². The van der Waals surface area contributed by atoms with Crippen molar-refractivity contribution in [1.29, 1.82) is 0 Å². The van der Waals surface area contributed by atoms with E-state index in [4.69, 9.17) is 9.15 Å². The number of furan rings is 1. The number of carbonyl (C=O) groups excluding carboxylic acids is 1. The van der Waals surface area contributed by atoms with Crippen molar-refractivity contribution in [3.05, 3.63) is 23.2 Å². The molecule has 0 aliphatic heterocycles. The second-order valence-corrected chi connectivity index (χ2v) is 5.68. The summed E-state index contributed by atoms with van der Waals surface area (Å²) in [7, 11) is 1.57. The van der Waals surface area contributed by atoms with E-state index in [1.807, 2.05) is 6.26 Å². The normalized spacial score (nSPS) is 10.7. The van der Waals surface area contributed by atoms with Gasteiger partial charge in [-0.05, 0) is 19.2 Å². The van der Waals surface area contributed by atoms with Gasteiger partial charge in [0, 0.05) is 7.11 Å². The largest absolute Gasteiger partial charge is 0.463 e. The predicted octanol–water partition coefficient (Wildman–Crippen LogP) is 2.56. The fraction of sp³-hybridized carbons (Fsp3) is 0.364. The summed E-state index contributed by atoms with van der Waals surface area (Å²) in [6.07, 6.45) is 1.91. The number of ether oxygens (including phenoxy) is 1. The highest BCUT2D eigenvalue weighted by Crippen LogP contribution is 2.24. The number of rotatable bonds is 5. The van der Waals surface area contributed by atoms with Crippen LogP contribution in [0, 0.1) is 6.92 Å². The fourth-order valence-electron chi connectivity index (χ4n) is 1.49. The van der Waals surface area contributed by atoms with E-state index in [0.717, 1.165) is 4.34 Å². The Kier molecular flexibility index (Phi) is 4.56. The number of hydrogen-bond donors (Lipinski definition) is 1. The molecule has 102 valence electrons. The third kappa shape index (κ3) is 3.34. The van der Waals surface area contributed by atoms with E-state index in [2.05, 4.69) is 15.5 Å². The Labute approximate surface area is 118 Å².